The smallest absolute Gasteiger partial charge is 0.257 e. The molecule has 4 rings (SSSR count). The van der Waals surface area contributed by atoms with E-state index in [1.54, 1.807) is 37.3 Å². The molecule has 9 heteroatoms. The van der Waals surface area contributed by atoms with E-state index in [1.807, 2.05) is 0 Å². The van der Waals surface area contributed by atoms with Gasteiger partial charge >= 0.3 is 0 Å². The van der Waals surface area contributed by atoms with Crippen molar-refractivity contribution in [3.8, 4) is 22.9 Å². The molecular formula is C21H19ClFN3O4. The van der Waals surface area contributed by atoms with Gasteiger partial charge in [-0.1, -0.05) is 16.8 Å². The molecule has 7 nitrogen and oxygen atoms in total. The van der Waals surface area contributed by atoms with Crippen molar-refractivity contribution in [3.05, 3.63) is 58.7 Å². The molecule has 1 atom stereocenters. The van der Waals surface area contributed by atoms with Gasteiger partial charge < -0.3 is 18.9 Å². The van der Waals surface area contributed by atoms with E-state index >= 15 is 0 Å². The summed E-state index contributed by atoms with van der Waals surface area (Å²) in [6.07, 6.45) is 1.38. The Morgan fingerprint density at radius 2 is 2.00 bits per heavy atom. The van der Waals surface area contributed by atoms with Crippen LogP contribution in [0.25, 0.3) is 11.4 Å². The SMILES string of the molecule is COc1ccc(-c2noc([C@@H]3CCCN3C(=O)c3cc(Cl)ccc3F)n2)cc1OC. The average Bonchev–Trinajstić information content (AvgIpc) is 3.44. The van der Waals surface area contributed by atoms with Crippen molar-refractivity contribution < 1.29 is 23.2 Å². The first-order valence-corrected chi connectivity index (χ1v) is 9.71. The number of carbonyl (C=O) groups is 1. The number of likely N-dealkylation sites (tertiary alicyclic amines) is 1. The molecule has 0 spiro atoms. The molecule has 1 saturated heterocycles. The van der Waals surface area contributed by atoms with E-state index in [4.69, 9.17) is 25.6 Å². The molecule has 0 N–H and O–H groups in total. The van der Waals surface area contributed by atoms with Crippen LogP contribution in [0.5, 0.6) is 11.5 Å². The fourth-order valence-electron chi connectivity index (χ4n) is 3.55. The molecule has 30 heavy (non-hydrogen) atoms. The van der Waals surface area contributed by atoms with E-state index < -0.39 is 17.8 Å². The molecule has 156 valence electrons. The van der Waals surface area contributed by atoms with Crippen LogP contribution in [0, 0.1) is 5.82 Å². The van der Waals surface area contributed by atoms with Gasteiger partial charge in [0.15, 0.2) is 11.5 Å². The number of amides is 1. The predicted molar refractivity (Wildman–Crippen MR) is 107 cm³/mol. The van der Waals surface area contributed by atoms with Crippen LogP contribution in [0.1, 0.15) is 35.1 Å². The van der Waals surface area contributed by atoms with Crippen molar-refractivity contribution >= 4 is 17.5 Å². The molecule has 1 amide bonds. The Morgan fingerprint density at radius 3 is 2.77 bits per heavy atom. The molecule has 0 aliphatic carbocycles. The normalized spacial score (nSPS) is 16.0. The molecule has 0 unspecified atom stereocenters. The minimum absolute atomic E-state index is 0.0750. The zero-order chi connectivity index (χ0) is 21.3. The van der Waals surface area contributed by atoms with Crippen LogP contribution < -0.4 is 9.47 Å². The highest BCUT2D eigenvalue weighted by Gasteiger charge is 2.35. The zero-order valence-electron chi connectivity index (χ0n) is 16.4. The van der Waals surface area contributed by atoms with Gasteiger partial charge in [0.25, 0.3) is 5.91 Å². The third kappa shape index (κ3) is 3.70. The van der Waals surface area contributed by atoms with Gasteiger partial charge in [0.2, 0.25) is 11.7 Å². The van der Waals surface area contributed by atoms with Gasteiger partial charge in [-0.3, -0.25) is 4.79 Å². The second kappa shape index (κ2) is 8.31. The number of aromatic nitrogens is 2. The van der Waals surface area contributed by atoms with Crippen LogP contribution in [0.2, 0.25) is 5.02 Å². The van der Waals surface area contributed by atoms with Gasteiger partial charge in [-0.15, -0.1) is 0 Å². The fourth-order valence-corrected chi connectivity index (χ4v) is 3.72. The van der Waals surface area contributed by atoms with E-state index in [0.717, 1.165) is 6.42 Å². The summed E-state index contributed by atoms with van der Waals surface area (Å²) in [5.41, 5.74) is 0.605. The molecule has 1 aliphatic rings. The Morgan fingerprint density at radius 1 is 1.20 bits per heavy atom. The van der Waals surface area contributed by atoms with Crippen molar-refractivity contribution in [1.29, 1.82) is 0 Å². The summed E-state index contributed by atoms with van der Waals surface area (Å²) >= 11 is 5.94. The Kier molecular flexibility index (Phi) is 5.59. The third-order valence-electron chi connectivity index (χ3n) is 5.04. The number of nitrogens with zero attached hydrogens (tertiary/aromatic N) is 3. The minimum atomic E-state index is -0.619. The lowest BCUT2D eigenvalue weighted by atomic mass is 10.1. The molecule has 2 aromatic carbocycles. The fraction of sp³-hybridized carbons (Fsp3) is 0.286. The van der Waals surface area contributed by atoms with Gasteiger partial charge in [-0.25, -0.2) is 4.39 Å². The van der Waals surface area contributed by atoms with Crippen LogP contribution >= 0.6 is 11.6 Å². The summed E-state index contributed by atoms with van der Waals surface area (Å²) < 4.78 is 30.2. The van der Waals surface area contributed by atoms with Gasteiger partial charge in [-0.05, 0) is 49.2 Å². The molecule has 1 fully saturated rings. The maximum atomic E-state index is 14.2. The van der Waals surface area contributed by atoms with E-state index in [0.29, 0.717) is 46.8 Å². The molecule has 0 radical (unpaired) electrons. The highest BCUT2D eigenvalue weighted by Crippen LogP contribution is 2.35. The molecule has 2 heterocycles. The van der Waals surface area contributed by atoms with E-state index in [-0.39, 0.29) is 5.56 Å². The van der Waals surface area contributed by atoms with Crippen molar-refractivity contribution in [2.75, 3.05) is 20.8 Å². The first-order chi connectivity index (χ1) is 14.5. The van der Waals surface area contributed by atoms with Gasteiger partial charge in [0.1, 0.15) is 11.9 Å². The molecule has 1 aromatic heterocycles. The standard InChI is InChI=1S/C21H19ClFN3O4/c1-28-17-8-5-12(10-18(17)29-2)19-24-20(30-25-19)16-4-3-9-26(16)21(27)14-11-13(22)6-7-15(14)23/h5-8,10-11,16H,3-4,9H2,1-2H3/t16-/m0/s1. The highest BCUT2D eigenvalue weighted by atomic mass is 35.5. The Balaban J connectivity index is 1.61. The number of ether oxygens (including phenoxy) is 2. The van der Waals surface area contributed by atoms with Crippen LogP contribution in [-0.4, -0.2) is 41.7 Å². The average molecular weight is 432 g/mol. The Hall–Kier alpha value is -3.13. The van der Waals surface area contributed by atoms with Gasteiger partial charge in [-0.2, -0.15) is 4.98 Å². The number of rotatable bonds is 5. The van der Waals surface area contributed by atoms with Gasteiger partial charge in [0.05, 0.1) is 19.8 Å². The topological polar surface area (TPSA) is 77.7 Å². The quantitative estimate of drug-likeness (QED) is 0.591. The van der Waals surface area contributed by atoms with Crippen LogP contribution in [0.4, 0.5) is 4.39 Å². The summed E-state index contributed by atoms with van der Waals surface area (Å²) in [6.45, 7) is 0.462. The van der Waals surface area contributed by atoms with Crippen LogP contribution in [0.3, 0.4) is 0 Å². The van der Waals surface area contributed by atoms with Crippen LogP contribution in [0.15, 0.2) is 40.9 Å². The monoisotopic (exact) mass is 431 g/mol. The second-order valence-corrected chi connectivity index (χ2v) is 7.24. The first-order valence-electron chi connectivity index (χ1n) is 9.34. The summed E-state index contributed by atoms with van der Waals surface area (Å²) in [4.78, 5) is 19.0. The minimum Gasteiger partial charge on any atom is -0.493 e. The largest absolute Gasteiger partial charge is 0.493 e. The lowest BCUT2D eigenvalue weighted by Crippen LogP contribution is -2.31. The lowest BCUT2D eigenvalue weighted by Gasteiger charge is -2.22. The van der Waals surface area contributed by atoms with Crippen molar-refractivity contribution in [2.45, 2.75) is 18.9 Å². The van der Waals surface area contributed by atoms with E-state index in [2.05, 4.69) is 10.1 Å². The Bertz CT molecular complexity index is 1090. The van der Waals surface area contributed by atoms with Crippen molar-refractivity contribution in [1.82, 2.24) is 15.0 Å². The number of benzene rings is 2. The summed E-state index contributed by atoms with van der Waals surface area (Å²) in [5.74, 6) is 0.707. The third-order valence-corrected chi connectivity index (χ3v) is 5.28. The maximum Gasteiger partial charge on any atom is 0.257 e. The molecule has 0 saturated carbocycles. The molecule has 0 bridgehead atoms. The first kappa shape index (κ1) is 20.2. The van der Waals surface area contributed by atoms with E-state index in [9.17, 15) is 9.18 Å². The highest BCUT2D eigenvalue weighted by molar-refractivity contribution is 6.31. The van der Waals surface area contributed by atoms with Gasteiger partial charge in [0, 0.05) is 17.1 Å². The number of hydrogen-bond donors (Lipinski definition) is 0. The lowest BCUT2D eigenvalue weighted by molar-refractivity contribution is 0.0705. The number of hydrogen-bond acceptors (Lipinski definition) is 6. The number of halogens is 2. The van der Waals surface area contributed by atoms with Crippen LogP contribution in [-0.2, 0) is 0 Å². The number of carbonyl (C=O) groups excluding carboxylic acids is 1. The summed E-state index contributed by atoms with van der Waals surface area (Å²) in [5, 5.41) is 4.34. The maximum absolute atomic E-state index is 14.2. The number of methoxy groups -OCH3 is 2. The van der Waals surface area contributed by atoms with Crippen molar-refractivity contribution in [3.63, 3.8) is 0 Å². The second-order valence-electron chi connectivity index (χ2n) is 6.81. The van der Waals surface area contributed by atoms with E-state index in [1.165, 1.54) is 18.2 Å². The zero-order valence-corrected chi connectivity index (χ0v) is 17.1. The summed E-state index contributed by atoms with van der Waals surface area (Å²) in [6, 6.07) is 8.76. The summed E-state index contributed by atoms with van der Waals surface area (Å²) in [7, 11) is 3.10. The molecule has 3 aromatic rings. The molecule has 1 aliphatic heterocycles. The predicted octanol–water partition coefficient (Wildman–Crippen LogP) is 4.52. The molecular weight excluding hydrogens is 413 g/mol. The van der Waals surface area contributed by atoms with Crippen molar-refractivity contribution in [2.24, 2.45) is 0 Å². The Labute approximate surface area is 177 Å².